The highest BCUT2D eigenvalue weighted by atomic mass is 35.5. The van der Waals surface area contributed by atoms with E-state index in [9.17, 15) is 13.6 Å². The van der Waals surface area contributed by atoms with Crippen LogP contribution in [-0.4, -0.2) is 40.5 Å². The summed E-state index contributed by atoms with van der Waals surface area (Å²) in [7, 11) is 0. The van der Waals surface area contributed by atoms with Gasteiger partial charge < -0.3 is 14.5 Å². The summed E-state index contributed by atoms with van der Waals surface area (Å²) >= 11 is 5.97. The largest absolute Gasteiger partial charge is 0.433 e. The van der Waals surface area contributed by atoms with Crippen LogP contribution in [0.5, 0.6) is 5.75 Å². The fourth-order valence-corrected chi connectivity index (χ4v) is 3.52. The molecule has 0 unspecified atom stereocenters. The molecular weight excluding hydrogens is 378 g/mol. The van der Waals surface area contributed by atoms with Gasteiger partial charge in [0.1, 0.15) is 17.4 Å². The van der Waals surface area contributed by atoms with Crippen molar-refractivity contribution in [3.8, 4) is 5.75 Å². The van der Waals surface area contributed by atoms with Crippen LogP contribution in [0.4, 0.5) is 14.6 Å². The van der Waals surface area contributed by atoms with Gasteiger partial charge in [0.2, 0.25) is 0 Å². The number of anilines is 1. The molecular formula is C18H17ClF2N4O2. The molecule has 3 heterocycles. The molecule has 0 atom stereocenters. The van der Waals surface area contributed by atoms with Crippen LogP contribution in [0.3, 0.4) is 0 Å². The zero-order valence-corrected chi connectivity index (χ0v) is 15.3. The topological polar surface area (TPSA) is 58.6 Å². The molecule has 2 aromatic rings. The van der Waals surface area contributed by atoms with Gasteiger partial charge in [-0.2, -0.15) is 8.78 Å². The van der Waals surface area contributed by atoms with Gasteiger partial charge in [-0.3, -0.25) is 4.79 Å². The minimum Gasteiger partial charge on any atom is -0.433 e. The first-order chi connectivity index (χ1) is 12.9. The van der Waals surface area contributed by atoms with Crippen molar-refractivity contribution < 1.29 is 18.3 Å². The molecule has 0 saturated carbocycles. The van der Waals surface area contributed by atoms with Crippen molar-refractivity contribution in [3.63, 3.8) is 0 Å². The van der Waals surface area contributed by atoms with Gasteiger partial charge in [-0.15, -0.1) is 0 Å². The van der Waals surface area contributed by atoms with Crippen LogP contribution in [0, 0.1) is 6.92 Å². The van der Waals surface area contributed by atoms with Crippen molar-refractivity contribution in [2.45, 2.75) is 33.0 Å². The lowest BCUT2D eigenvalue weighted by atomic mass is 10.1. The van der Waals surface area contributed by atoms with Gasteiger partial charge in [0.15, 0.2) is 0 Å². The van der Waals surface area contributed by atoms with Crippen molar-refractivity contribution in [1.29, 1.82) is 0 Å². The van der Waals surface area contributed by atoms with Crippen LogP contribution in [-0.2, 0) is 13.1 Å². The Morgan fingerprint density at radius 2 is 2.04 bits per heavy atom. The molecule has 1 saturated heterocycles. The number of ether oxygens (including phenoxy) is 1. The number of benzene rings is 1. The second kappa shape index (κ2) is 6.92. The summed E-state index contributed by atoms with van der Waals surface area (Å²) in [5, 5.41) is -0.0326. The minimum absolute atomic E-state index is 0.0326. The Morgan fingerprint density at radius 1 is 1.26 bits per heavy atom. The number of nitrogens with zero attached hydrogens (tertiary/aromatic N) is 4. The number of carbonyl (C=O) groups is 1. The molecule has 1 amide bonds. The highest BCUT2D eigenvalue weighted by molar-refractivity contribution is 6.32. The lowest BCUT2D eigenvalue weighted by Crippen LogP contribution is -2.38. The second-order valence-corrected chi connectivity index (χ2v) is 6.95. The van der Waals surface area contributed by atoms with Gasteiger partial charge in [0.05, 0.1) is 23.8 Å². The van der Waals surface area contributed by atoms with E-state index in [-0.39, 0.29) is 16.7 Å². The monoisotopic (exact) mass is 394 g/mol. The standard InChI is InChI=1S/C18H17ClF2N4O2/c1-10-22-14-9-25(8-12(14)16(23-10)24-5-2-6-24)17(26)11-3-4-15(13(19)7-11)27-18(20)21/h3-4,7,18H,2,5-6,8-9H2,1H3. The van der Waals surface area contributed by atoms with E-state index in [1.807, 2.05) is 6.92 Å². The molecule has 0 bridgehead atoms. The molecule has 0 radical (unpaired) electrons. The van der Waals surface area contributed by atoms with Gasteiger partial charge in [-0.1, -0.05) is 11.6 Å². The molecule has 2 aliphatic rings. The highest BCUT2D eigenvalue weighted by Gasteiger charge is 2.31. The lowest BCUT2D eigenvalue weighted by Gasteiger charge is -2.33. The first-order valence-corrected chi connectivity index (χ1v) is 8.95. The summed E-state index contributed by atoms with van der Waals surface area (Å²) in [6.45, 7) is 1.57. The Hall–Kier alpha value is -2.48. The van der Waals surface area contributed by atoms with Crippen LogP contribution < -0.4 is 9.64 Å². The zero-order chi connectivity index (χ0) is 19.1. The second-order valence-electron chi connectivity index (χ2n) is 6.55. The highest BCUT2D eigenvalue weighted by Crippen LogP contribution is 2.33. The first kappa shape index (κ1) is 17.9. The molecule has 6 nitrogen and oxygen atoms in total. The van der Waals surface area contributed by atoms with E-state index in [4.69, 9.17) is 11.6 Å². The third-order valence-corrected chi connectivity index (χ3v) is 5.01. The third-order valence-electron chi connectivity index (χ3n) is 4.71. The van der Waals surface area contributed by atoms with Crippen LogP contribution in [0.2, 0.25) is 5.02 Å². The summed E-state index contributed by atoms with van der Waals surface area (Å²) < 4.78 is 29.0. The van der Waals surface area contributed by atoms with Crippen molar-refractivity contribution in [1.82, 2.24) is 14.9 Å². The fraction of sp³-hybridized carbons (Fsp3) is 0.389. The molecule has 9 heteroatoms. The number of halogens is 3. The Bertz CT molecular complexity index is 905. The Balaban J connectivity index is 1.56. The van der Waals surface area contributed by atoms with Crippen LogP contribution in [0.1, 0.15) is 33.9 Å². The molecule has 0 spiro atoms. The van der Waals surface area contributed by atoms with E-state index in [0.717, 1.165) is 36.6 Å². The number of alkyl halides is 2. The number of aryl methyl sites for hydroxylation is 1. The van der Waals surface area contributed by atoms with Gasteiger partial charge in [-0.25, -0.2) is 9.97 Å². The maximum atomic E-state index is 12.9. The van der Waals surface area contributed by atoms with Crippen molar-refractivity contribution in [3.05, 3.63) is 45.9 Å². The number of carbonyl (C=O) groups excluding carboxylic acids is 1. The van der Waals surface area contributed by atoms with Gasteiger partial charge >= 0.3 is 6.61 Å². The predicted molar refractivity (Wildman–Crippen MR) is 95.3 cm³/mol. The third kappa shape index (κ3) is 3.41. The lowest BCUT2D eigenvalue weighted by molar-refractivity contribution is -0.0497. The van der Waals surface area contributed by atoms with Crippen molar-refractivity contribution in [2.75, 3.05) is 18.0 Å². The number of rotatable bonds is 4. The van der Waals surface area contributed by atoms with E-state index >= 15 is 0 Å². The molecule has 0 aliphatic carbocycles. The number of hydrogen-bond acceptors (Lipinski definition) is 5. The number of aromatic nitrogens is 2. The Morgan fingerprint density at radius 3 is 2.67 bits per heavy atom. The summed E-state index contributed by atoms with van der Waals surface area (Å²) in [6.07, 6.45) is 1.13. The summed E-state index contributed by atoms with van der Waals surface area (Å²) in [5.41, 5.74) is 2.13. The first-order valence-electron chi connectivity index (χ1n) is 8.57. The van der Waals surface area contributed by atoms with Gasteiger partial charge in [-0.05, 0) is 31.5 Å². The normalized spacial score (nSPS) is 15.7. The van der Waals surface area contributed by atoms with E-state index in [0.29, 0.717) is 24.5 Å². The average molecular weight is 395 g/mol. The predicted octanol–water partition coefficient (Wildman–Crippen LogP) is 3.41. The fourth-order valence-electron chi connectivity index (χ4n) is 3.30. The molecule has 2 aliphatic heterocycles. The van der Waals surface area contributed by atoms with Crippen molar-refractivity contribution in [2.24, 2.45) is 0 Å². The zero-order valence-electron chi connectivity index (χ0n) is 14.6. The molecule has 1 aromatic heterocycles. The van der Waals surface area contributed by atoms with E-state index in [1.54, 1.807) is 4.90 Å². The van der Waals surface area contributed by atoms with Crippen LogP contribution >= 0.6 is 11.6 Å². The molecule has 142 valence electrons. The quantitative estimate of drug-likeness (QED) is 0.795. The Labute approximate surface area is 159 Å². The smallest absolute Gasteiger partial charge is 0.387 e. The van der Waals surface area contributed by atoms with Gasteiger partial charge in [0, 0.05) is 24.2 Å². The van der Waals surface area contributed by atoms with Crippen LogP contribution in [0.25, 0.3) is 0 Å². The van der Waals surface area contributed by atoms with Crippen LogP contribution in [0.15, 0.2) is 18.2 Å². The maximum Gasteiger partial charge on any atom is 0.387 e. The SMILES string of the molecule is Cc1nc2c(c(N3CCC3)n1)CN(C(=O)c1ccc(OC(F)F)c(Cl)c1)C2. The summed E-state index contributed by atoms with van der Waals surface area (Å²) in [5.74, 6) is 1.18. The average Bonchev–Trinajstić information content (AvgIpc) is 2.98. The van der Waals surface area contributed by atoms with Gasteiger partial charge in [0.25, 0.3) is 5.91 Å². The molecule has 0 N–H and O–H groups in total. The number of amides is 1. The van der Waals surface area contributed by atoms with E-state index in [2.05, 4.69) is 19.6 Å². The molecule has 27 heavy (non-hydrogen) atoms. The number of fused-ring (bicyclic) bond motifs is 1. The molecule has 1 fully saturated rings. The summed E-state index contributed by atoms with van der Waals surface area (Å²) in [6, 6.07) is 4.06. The minimum atomic E-state index is -2.97. The molecule has 1 aromatic carbocycles. The summed E-state index contributed by atoms with van der Waals surface area (Å²) in [4.78, 5) is 25.8. The Kier molecular flexibility index (Phi) is 4.59. The number of hydrogen-bond donors (Lipinski definition) is 0. The molecule has 4 rings (SSSR count). The van der Waals surface area contributed by atoms with E-state index < -0.39 is 6.61 Å². The maximum absolute atomic E-state index is 12.9. The van der Waals surface area contributed by atoms with E-state index in [1.165, 1.54) is 18.2 Å². The van der Waals surface area contributed by atoms with Crippen molar-refractivity contribution >= 4 is 23.3 Å².